The Bertz CT molecular complexity index is 1360. The number of hydrogen-bond donors (Lipinski definition) is 3. The molecule has 0 spiro atoms. The van der Waals surface area contributed by atoms with Crippen LogP contribution in [0.3, 0.4) is 0 Å². The first-order chi connectivity index (χ1) is 41.5. The minimum atomic E-state index is -0.844. The van der Waals surface area contributed by atoms with E-state index in [9.17, 15) is 19.8 Å². The molecule has 0 heterocycles. The van der Waals surface area contributed by atoms with Crippen molar-refractivity contribution in [3.63, 3.8) is 0 Å². The van der Waals surface area contributed by atoms with Crippen molar-refractivity contribution in [3.05, 3.63) is 36.5 Å². The third-order valence-corrected chi connectivity index (χ3v) is 17.9. The first kappa shape index (κ1) is 82.1. The quantitative estimate of drug-likeness (QED) is 0.0320. The molecule has 0 saturated heterocycles. The summed E-state index contributed by atoms with van der Waals surface area (Å²) in [7, 11) is 0. The smallest absolute Gasteiger partial charge is 0.305 e. The third kappa shape index (κ3) is 69.2. The molecule has 84 heavy (non-hydrogen) atoms. The highest BCUT2D eigenvalue weighted by atomic mass is 16.5. The van der Waals surface area contributed by atoms with Gasteiger partial charge in [0.1, 0.15) is 0 Å². The number of unbranched alkanes of at least 4 members (excludes halogenated alkanes) is 57. The van der Waals surface area contributed by atoms with E-state index in [2.05, 4.69) is 43.5 Å². The number of rotatable bonds is 72. The molecule has 0 saturated carbocycles. The maximum atomic E-state index is 12.5. The van der Waals surface area contributed by atoms with Crippen LogP contribution in [0.1, 0.15) is 425 Å². The van der Waals surface area contributed by atoms with E-state index in [-0.39, 0.29) is 18.5 Å². The first-order valence-corrected chi connectivity index (χ1v) is 38.3. The van der Waals surface area contributed by atoms with E-state index in [0.29, 0.717) is 19.4 Å². The van der Waals surface area contributed by atoms with Crippen LogP contribution in [0.15, 0.2) is 36.5 Å². The number of amides is 1. The summed E-state index contributed by atoms with van der Waals surface area (Å²) < 4.78 is 5.49. The minimum Gasteiger partial charge on any atom is -0.466 e. The van der Waals surface area contributed by atoms with Crippen LogP contribution in [0.2, 0.25) is 0 Å². The van der Waals surface area contributed by atoms with Gasteiger partial charge in [0.15, 0.2) is 0 Å². The van der Waals surface area contributed by atoms with E-state index in [0.717, 1.165) is 44.9 Å². The molecule has 0 aromatic rings. The Morgan fingerprint density at radius 2 is 0.560 bits per heavy atom. The lowest BCUT2D eigenvalue weighted by atomic mass is 10.0. The van der Waals surface area contributed by atoms with Crippen LogP contribution >= 0.6 is 0 Å². The number of hydrogen-bond acceptors (Lipinski definition) is 5. The van der Waals surface area contributed by atoms with Crippen molar-refractivity contribution < 1.29 is 24.5 Å². The fourth-order valence-electron chi connectivity index (χ4n) is 12.0. The number of carbonyl (C=O) groups is 2. The molecule has 0 aliphatic rings. The largest absolute Gasteiger partial charge is 0.466 e. The zero-order valence-corrected chi connectivity index (χ0v) is 56.9. The van der Waals surface area contributed by atoms with E-state index in [4.69, 9.17) is 4.74 Å². The van der Waals surface area contributed by atoms with Crippen molar-refractivity contribution in [2.24, 2.45) is 0 Å². The van der Waals surface area contributed by atoms with Crippen molar-refractivity contribution in [3.8, 4) is 0 Å². The average Bonchev–Trinajstić information content (AvgIpc) is 3.51. The zero-order chi connectivity index (χ0) is 60.6. The Labute approximate surface area is 525 Å². The Morgan fingerprint density at radius 3 is 0.845 bits per heavy atom. The molecule has 0 bridgehead atoms. The maximum absolute atomic E-state index is 12.5. The van der Waals surface area contributed by atoms with Crippen LogP contribution in [0.25, 0.3) is 0 Å². The Balaban J connectivity index is 3.39. The molecule has 0 radical (unpaired) electrons. The summed E-state index contributed by atoms with van der Waals surface area (Å²) in [5.41, 5.74) is 0. The van der Waals surface area contributed by atoms with Crippen LogP contribution in [-0.2, 0) is 14.3 Å². The molecule has 0 aliphatic carbocycles. The van der Waals surface area contributed by atoms with Crippen LogP contribution in [0.5, 0.6) is 0 Å². The second kappa shape index (κ2) is 73.5. The first-order valence-electron chi connectivity index (χ1n) is 38.3. The van der Waals surface area contributed by atoms with Crippen LogP contribution < -0.4 is 5.32 Å². The van der Waals surface area contributed by atoms with Gasteiger partial charge in [-0.2, -0.15) is 0 Å². The van der Waals surface area contributed by atoms with E-state index in [1.807, 2.05) is 6.08 Å². The molecule has 6 nitrogen and oxygen atoms in total. The molecular weight excluding hydrogens is 1030 g/mol. The lowest BCUT2D eigenvalue weighted by Gasteiger charge is -2.20. The Kier molecular flexibility index (Phi) is 71.9. The average molecular weight is 1180 g/mol. The molecule has 1 amide bonds. The minimum absolute atomic E-state index is 0.00942. The number of aliphatic hydroxyl groups is 2. The summed E-state index contributed by atoms with van der Waals surface area (Å²) in [5.74, 6) is -0.0521. The summed E-state index contributed by atoms with van der Waals surface area (Å²) in [4.78, 5) is 24.6. The van der Waals surface area contributed by atoms with Gasteiger partial charge in [-0.3, -0.25) is 9.59 Å². The van der Waals surface area contributed by atoms with Gasteiger partial charge in [0.2, 0.25) is 5.91 Å². The lowest BCUT2D eigenvalue weighted by Crippen LogP contribution is -2.45. The van der Waals surface area contributed by atoms with Gasteiger partial charge in [0.25, 0.3) is 0 Å². The molecule has 0 rings (SSSR count). The molecule has 3 N–H and O–H groups in total. The van der Waals surface area contributed by atoms with Gasteiger partial charge in [-0.15, -0.1) is 0 Å². The van der Waals surface area contributed by atoms with Gasteiger partial charge >= 0.3 is 5.97 Å². The standard InChI is InChI=1S/C78H149NO5/c1-3-5-7-9-11-13-15-17-19-20-21-22-34-37-40-43-46-50-54-58-62-66-70-76(81)75(74-80)79-77(82)71-67-63-59-55-51-47-44-41-38-35-32-30-28-26-24-23-25-27-29-31-33-36-39-42-45-49-53-57-61-65-69-73-84-78(83)72-68-64-60-56-52-48-18-16-14-12-10-8-6-4-2/h16,18,25,27,66,70,75-76,80-81H,3-15,17,19-24,26,28-65,67-69,71-74H2,1-2H3,(H,79,82)/b18-16-,27-25-,70-66+. The summed E-state index contributed by atoms with van der Waals surface area (Å²) in [6.45, 7) is 4.93. The number of carbonyl (C=O) groups excluding carboxylic acids is 2. The SMILES string of the molecule is CCCCCCC/C=C\CCCCCCCC(=O)OCCCCCCCCCCCCCC/C=C\CCCCCCCCCCCCCCCCCC(=O)NC(CO)C(O)/C=C/CCCCCCCCCCCCCCCCCCCCCC. The molecule has 0 aromatic heterocycles. The normalized spacial score (nSPS) is 12.7. The van der Waals surface area contributed by atoms with Crippen LogP contribution in [0, 0.1) is 0 Å². The van der Waals surface area contributed by atoms with E-state index < -0.39 is 12.1 Å². The van der Waals surface area contributed by atoms with Gasteiger partial charge in [-0.1, -0.05) is 365 Å². The summed E-state index contributed by atoms with van der Waals surface area (Å²) >= 11 is 0. The van der Waals surface area contributed by atoms with Gasteiger partial charge in [-0.05, 0) is 83.5 Å². The maximum Gasteiger partial charge on any atom is 0.305 e. The van der Waals surface area contributed by atoms with Crippen molar-refractivity contribution in [1.82, 2.24) is 5.32 Å². The van der Waals surface area contributed by atoms with Crippen molar-refractivity contribution in [2.45, 2.75) is 437 Å². The third-order valence-electron chi connectivity index (χ3n) is 17.9. The highest BCUT2D eigenvalue weighted by molar-refractivity contribution is 5.76. The van der Waals surface area contributed by atoms with E-state index in [1.165, 1.54) is 353 Å². The number of ether oxygens (including phenoxy) is 1. The van der Waals surface area contributed by atoms with Crippen LogP contribution in [-0.4, -0.2) is 47.4 Å². The van der Waals surface area contributed by atoms with E-state index in [1.54, 1.807) is 6.08 Å². The summed E-state index contributed by atoms with van der Waals surface area (Å²) in [6, 6.07) is -0.628. The molecule has 0 aliphatic heterocycles. The lowest BCUT2D eigenvalue weighted by molar-refractivity contribution is -0.143. The fraction of sp³-hybridized carbons (Fsp3) is 0.897. The van der Waals surface area contributed by atoms with Crippen molar-refractivity contribution in [1.29, 1.82) is 0 Å². The fourth-order valence-corrected chi connectivity index (χ4v) is 12.0. The molecule has 0 aromatic carbocycles. The van der Waals surface area contributed by atoms with Gasteiger partial charge in [0, 0.05) is 12.8 Å². The number of esters is 1. The van der Waals surface area contributed by atoms with Gasteiger partial charge in [-0.25, -0.2) is 0 Å². The monoisotopic (exact) mass is 1180 g/mol. The predicted octanol–water partition coefficient (Wildman–Crippen LogP) is 25.0. The highest BCUT2D eigenvalue weighted by Crippen LogP contribution is 2.19. The Morgan fingerprint density at radius 1 is 0.321 bits per heavy atom. The second-order valence-electron chi connectivity index (χ2n) is 26.3. The highest BCUT2D eigenvalue weighted by Gasteiger charge is 2.18. The molecule has 2 atom stereocenters. The van der Waals surface area contributed by atoms with Gasteiger partial charge < -0.3 is 20.3 Å². The summed E-state index contributed by atoms with van der Waals surface area (Å²) in [6.07, 6.45) is 95.4. The molecule has 0 fully saturated rings. The number of nitrogens with one attached hydrogen (secondary N) is 1. The van der Waals surface area contributed by atoms with Crippen molar-refractivity contribution >= 4 is 11.9 Å². The zero-order valence-electron chi connectivity index (χ0n) is 56.9. The molecule has 6 heteroatoms. The number of aliphatic hydroxyl groups excluding tert-OH is 2. The topological polar surface area (TPSA) is 95.9 Å². The molecular formula is C78H149NO5. The summed E-state index contributed by atoms with van der Waals surface area (Å²) in [5, 5.41) is 23.3. The van der Waals surface area contributed by atoms with Crippen LogP contribution in [0.4, 0.5) is 0 Å². The Hall–Kier alpha value is -1.92. The predicted molar refractivity (Wildman–Crippen MR) is 370 cm³/mol. The second-order valence-corrected chi connectivity index (χ2v) is 26.3. The molecule has 2 unspecified atom stereocenters. The number of allylic oxidation sites excluding steroid dienone is 5. The molecule has 496 valence electrons. The van der Waals surface area contributed by atoms with Crippen molar-refractivity contribution in [2.75, 3.05) is 13.2 Å². The van der Waals surface area contributed by atoms with Gasteiger partial charge in [0.05, 0.1) is 25.4 Å². The van der Waals surface area contributed by atoms with E-state index >= 15 is 0 Å².